The highest BCUT2D eigenvalue weighted by atomic mass is 35.5. The van der Waals surface area contributed by atoms with Gasteiger partial charge < -0.3 is 29.1 Å². The molecule has 0 radical (unpaired) electrons. The number of nitrogens with zero attached hydrogens (tertiary/aromatic N) is 6. The van der Waals surface area contributed by atoms with E-state index in [0.29, 0.717) is 51.4 Å². The molecule has 0 N–H and O–H groups in total. The first-order valence-electron chi connectivity index (χ1n) is 15.0. The molecule has 42 heavy (non-hydrogen) atoms. The summed E-state index contributed by atoms with van der Waals surface area (Å²) in [6.07, 6.45) is 2.85. The second-order valence-corrected chi connectivity index (χ2v) is 13.0. The van der Waals surface area contributed by atoms with Gasteiger partial charge in [0.05, 0.1) is 17.3 Å². The predicted molar refractivity (Wildman–Crippen MR) is 167 cm³/mol. The van der Waals surface area contributed by atoms with Crippen LogP contribution >= 0.6 is 11.6 Å². The Kier molecular flexibility index (Phi) is 8.07. The fourth-order valence-electron chi connectivity index (χ4n) is 6.25. The van der Waals surface area contributed by atoms with Crippen molar-refractivity contribution in [2.45, 2.75) is 58.2 Å². The second-order valence-electron chi connectivity index (χ2n) is 12.6. The molecule has 0 unspecified atom stereocenters. The van der Waals surface area contributed by atoms with Gasteiger partial charge >= 0.3 is 12.1 Å². The largest absolute Gasteiger partial charge is 0.462 e. The predicted octanol–water partition coefficient (Wildman–Crippen LogP) is 5.38. The summed E-state index contributed by atoms with van der Waals surface area (Å²) in [6, 6.07) is 13.2. The molecule has 0 spiro atoms. The van der Waals surface area contributed by atoms with Gasteiger partial charge in [-0.05, 0) is 71.1 Å². The molecule has 0 aliphatic carbocycles. The van der Waals surface area contributed by atoms with Crippen LogP contribution in [0, 0.1) is 0 Å². The van der Waals surface area contributed by atoms with Gasteiger partial charge in [-0.3, -0.25) is 0 Å². The lowest BCUT2D eigenvalue weighted by Crippen LogP contribution is -2.50. The van der Waals surface area contributed by atoms with Crippen molar-refractivity contribution in [1.29, 1.82) is 0 Å². The van der Waals surface area contributed by atoms with Gasteiger partial charge in [-0.15, -0.1) is 0 Å². The van der Waals surface area contributed by atoms with E-state index in [9.17, 15) is 4.79 Å². The van der Waals surface area contributed by atoms with Crippen LogP contribution in [-0.2, 0) is 17.7 Å². The average Bonchev–Trinajstić information content (AvgIpc) is 3.38. The molecule has 1 atom stereocenters. The lowest BCUT2D eigenvalue weighted by Gasteiger charge is -2.38. The van der Waals surface area contributed by atoms with Gasteiger partial charge in [-0.25, -0.2) is 4.79 Å². The number of likely N-dealkylation sites (tertiary alicyclic amines) is 1. The smallest absolute Gasteiger partial charge is 0.410 e. The number of halogens is 1. The summed E-state index contributed by atoms with van der Waals surface area (Å²) >= 11 is 6.70. The Balaban J connectivity index is 1.27. The maximum Gasteiger partial charge on any atom is 0.410 e. The minimum atomic E-state index is -0.514. The highest BCUT2D eigenvalue weighted by Gasteiger charge is 2.31. The summed E-state index contributed by atoms with van der Waals surface area (Å²) in [5.74, 6) is 0.925. The number of benzene rings is 2. The van der Waals surface area contributed by atoms with Crippen LogP contribution in [0.2, 0.25) is 5.02 Å². The van der Waals surface area contributed by atoms with E-state index in [2.05, 4.69) is 46.0 Å². The zero-order valence-electron chi connectivity index (χ0n) is 25.1. The number of anilines is 2. The maximum absolute atomic E-state index is 12.7. The number of piperazine rings is 1. The number of likely N-dealkylation sites (N-methyl/N-ethyl adjacent to an activating group) is 1. The van der Waals surface area contributed by atoms with Crippen LogP contribution in [0.3, 0.4) is 0 Å². The van der Waals surface area contributed by atoms with Crippen molar-refractivity contribution in [1.82, 2.24) is 19.8 Å². The number of ether oxygens (including phenoxy) is 2. The zero-order valence-corrected chi connectivity index (χ0v) is 25.9. The summed E-state index contributed by atoms with van der Waals surface area (Å²) < 4.78 is 11.9. The fourth-order valence-corrected chi connectivity index (χ4v) is 6.53. The van der Waals surface area contributed by atoms with E-state index in [1.165, 1.54) is 6.42 Å². The topological polar surface area (TPSA) is 74.3 Å². The number of rotatable bonds is 5. The van der Waals surface area contributed by atoms with Crippen LogP contribution in [0.1, 0.15) is 44.9 Å². The lowest BCUT2D eigenvalue weighted by atomic mass is 10.0. The van der Waals surface area contributed by atoms with Gasteiger partial charge in [-0.2, -0.15) is 9.97 Å². The van der Waals surface area contributed by atoms with E-state index >= 15 is 0 Å². The number of hydrogen-bond donors (Lipinski definition) is 0. The molecule has 0 saturated carbocycles. The first-order chi connectivity index (χ1) is 20.2. The molecule has 2 aromatic carbocycles. The van der Waals surface area contributed by atoms with Crippen LogP contribution in [-0.4, -0.2) is 90.4 Å². The number of carbonyl (C=O) groups is 1. The van der Waals surface area contributed by atoms with Gasteiger partial charge in [0, 0.05) is 55.4 Å². The molecule has 10 heteroatoms. The van der Waals surface area contributed by atoms with E-state index < -0.39 is 5.60 Å². The minimum absolute atomic E-state index is 0.263. The number of aromatic nitrogens is 2. The summed E-state index contributed by atoms with van der Waals surface area (Å²) in [6.45, 7) is 11.4. The molecule has 4 heterocycles. The summed E-state index contributed by atoms with van der Waals surface area (Å²) in [4.78, 5) is 31.4. The van der Waals surface area contributed by atoms with E-state index in [1.54, 1.807) is 4.90 Å². The Bertz CT molecular complexity index is 1450. The third-order valence-electron chi connectivity index (χ3n) is 8.50. The quantitative estimate of drug-likeness (QED) is 0.391. The monoisotopic (exact) mass is 592 g/mol. The zero-order chi connectivity index (χ0) is 29.4. The van der Waals surface area contributed by atoms with Crippen molar-refractivity contribution in [3.05, 3.63) is 52.7 Å². The van der Waals surface area contributed by atoms with E-state index in [-0.39, 0.29) is 6.09 Å². The summed E-state index contributed by atoms with van der Waals surface area (Å²) in [5.41, 5.74) is 2.75. The molecule has 224 valence electrons. The Morgan fingerprint density at radius 1 is 1.00 bits per heavy atom. The van der Waals surface area contributed by atoms with Crippen molar-refractivity contribution < 1.29 is 14.3 Å². The average molecular weight is 593 g/mol. The van der Waals surface area contributed by atoms with Crippen molar-refractivity contribution in [2.75, 3.05) is 62.7 Å². The van der Waals surface area contributed by atoms with Gasteiger partial charge in [0.2, 0.25) is 0 Å². The maximum atomic E-state index is 12.7. The van der Waals surface area contributed by atoms with Crippen LogP contribution in [0.25, 0.3) is 10.8 Å². The number of hydrogen-bond acceptors (Lipinski definition) is 8. The molecule has 2 saturated heterocycles. The van der Waals surface area contributed by atoms with Gasteiger partial charge in [-0.1, -0.05) is 35.9 Å². The van der Waals surface area contributed by atoms with Gasteiger partial charge in [0.1, 0.15) is 18.0 Å². The fraction of sp³-hybridized carbons (Fsp3) is 0.531. The molecular weight excluding hydrogens is 552 g/mol. The number of fused-ring (bicyclic) bond motifs is 2. The van der Waals surface area contributed by atoms with Crippen LogP contribution in [0.4, 0.5) is 16.3 Å². The molecule has 3 aliphatic heterocycles. The molecular formula is C32H41ClN6O3. The lowest BCUT2D eigenvalue weighted by molar-refractivity contribution is 0.0240. The SMILES string of the molecule is CN1CCC[C@@H]1COc1nc2c(c(N3CCN(C(=O)OC(C)(C)C)CC3)n1)CCN(c1cccc3cccc(Cl)c13)C2. The second kappa shape index (κ2) is 11.8. The molecule has 2 fully saturated rings. The molecule has 3 aromatic rings. The Morgan fingerprint density at radius 2 is 1.76 bits per heavy atom. The number of amides is 1. The standard InChI is InChI=1S/C32H41ClN6O3/c1-32(2,3)42-31(40)38-18-16-37(17-19-38)29-24-13-15-39(27-12-6-9-22-8-5-11-25(33)28(22)27)20-26(24)34-30(35-29)41-21-23-10-7-14-36(23)4/h5-6,8-9,11-12,23H,7,10,13-21H2,1-4H3/t23-/m1/s1. The Hall–Kier alpha value is -3.30. The van der Waals surface area contributed by atoms with Gasteiger partial charge in [0.25, 0.3) is 0 Å². The molecule has 0 bridgehead atoms. The van der Waals surface area contributed by atoms with Crippen molar-refractivity contribution in [2.24, 2.45) is 0 Å². The van der Waals surface area contributed by atoms with Crippen LogP contribution < -0.4 is 14.5 Å². The van der Waals surface area contributed by atoms with Crippen LogP contribution in [0.15, 0.2) is 36.4 Å². The number of carbonyl (C=O) groups excluding carboxylic acids is 1. The van der Waals surface area contributed by atoms with Crippen LogP contribution in [0.5, 0.6) is 6.01 Å². The highest BCUT2D eigenvalue weighted by molar-refractivity contribution is 6.36. The normalized spacial score (nSPS) is 19.7. The summed E-state index contributed by atoms with van der Waals surface area (Å²) in [5, 5.41) is 2.95. The first kappa shape index (κ1) is 28.8. The van der Waals surface area contributed by atoms with E-state index in [0.717, 1.165) is 64.5 Å². The third kappa shape index (κ3) is 6.08. The molecule has 3 aliphatic rings. The Morgan fingerprint density at radius 3 is 2.48 bits per heavy atom. The van der Waals surface area contributed by atoms with Gasteiger partial charge in [0.15, 0.2) is 0 Å². The molecule has 6 rings (SSSR count). The Labute approximate surface area is 253 Å². The molecule has 9 nitrogen and oxygen atoms in total. The highest BCUT2D eigenvalue weighted by Crippen LogP contribution is 2.37. The first-order valence-corrected chi connectivity index (χ1v) is 15.4. The van der Waals surface area contributed by atoms with Crippen molar-refractivity contribution in [3.8, 4) is 6.01 Å². The van der Waals surface area contributed by atoms with Crippen molar-refractivity contribution in [3.63, 3.8) is 0 Å². The summed E-state index contributed by atoms with van der Waals surface area (Å²) in [7, 11) is 2.15. The molecule has 1 amide bonds. The van der Waals surface area contributed by atoms with E-state index in [1.807, 2.05) is 32.9 Å². The van der Waals surface area contributed by atoms with Crippen molar-refractivity contribution >= 4 is 40.0 Å². The van der Waals surface area contributed by atoms with E-state index in [4.69, 9.17) is 31.0 Å². The minimum Gasteiger partial charge on any atom is -0.462 e. The molecule has 1 aromatic heterocycles. The third-order valence-corrected chi connectivity index (χ3v) is 8.82.